The normalized spacial score (nSPS) is 14.9. The molecule has 0 saturated heterocycles. The molecule has 0 amide bonds. The number of aliphatic hydroxyl groups is 3. The highest BCUT2D eigenvalue weighted by Gasteiger charge is 2.39. The molecule has 4 N–H and O–H groups in total. The van der Waals surface area contributed by atoms with Gasteiger partial charge in [-0.05, 0) is 55.5 Å². The van der Waals surface area contributed by atoms with Crippen LogP contribution in [0.25, 0.3) is 0 Å². The zero-order valence-electron chi connectivity index (χ0n) is 18.9. The number of carboxylic acids is 1. The molecule has 4 atom stereocenters. The molecule has 2 aromatic carbocycles. The SMILES string of the molecule is CC(C)=C(O)[C@H](OCc1ccccc1C)[C@H](O)[C@@H](O)[C@@H](OCc1ccccc1C)C(=O)O. The zero-order chi connectivity index (χ0) is 23.8. The van der Waals surface area contributed by atoms with Gasteiger partial charge in [-0.25, -0.2) is 4.79 Å². The number of benzene rings is 2. The van der Waals surface area contributed by atoms with E-state index in [1.54, 1.807) is 26.0 Å². The summed E-state index contributed by atoms with van der Waals surface area (Å²) >= 11 is 0. The maximum Gasteiger partial charge on any atom is 0.335 e. The summed E-state index contributed by atoms with van der Waals surface area (Å²) < 4.78 is 11.2. The van der Waals surface area contributed by atoms with Gasteiger partial charge in [-0.3, -0.25) is 0 Å². The third kappa shape index (κ3) is 6.64. The fourth-order valence-corrected chi connectivity index (χ4v) is 3.20. The second kappa shape index (κ2) is 11.8. The lowest BCUT2D eigenvalue weighted by molar-refractivity contribution is -0.175. The van der Waals surface area contributed by atoms with Crippen molar-refractivity contribution < 1.29 is 34.7 Å². The Bertz CT molecular complexity index is 933. The molecule has 0 aliphatic heterocycles. The predicted molar refractivity (Wildman–Crippen MR) is 120 cm³/mol. The lowest BCUT2D eigenvalue weighted by atomic mass is 9.99. The molecule has 32 heavy (non-hydrogen) atoms. The molecule has 2 rings (SSSR count). The minimum atomic E-state index is -1.85. The Morgan fingerprint density at radius 1 is 0.781 bits per heavy atom. The molecule has 7 nitrogen and oxygen atoms in total. The monoisotopic (exact) mass is 444 g/mol. The largest absolute Gasteiger partial charge is 0.510 e. The number of ether oxygens (including phenoxy) is 2. The van der Waals surface area contributed by atoms with E-state index >= 15 is 0 Å². The van der Waals surface area contributed by atoms with Crippen molar-refractivity contribution in [2.75, 3.05) is 0 Å². The molecule has 7 heteroatoms. The summed E-state index contributed by atoms with van der Waals surface area (Å²) in [5.74, 6) is -1.70. The van der Waals surface area contributed by atoms with E-state index < -0.39 is 30.4 Å². The van der Waals surface area contributed by atoms with Gasteiger partial charge in [0.15, 0.2) is 6.10 Å². The van der Waals surface area contributed by atoms with Gasteiger partial charge in [0, 0.05) is 0 Å². The number of aliphatic carboxylic acids is 1. The molecule has 0 heterocycles. The molecule has 0 unspecified atom stereocenters. The van der Waals surface area contributed by atoms with Gasteiger partial charge in [0.1, 0.15) is 24.1 Å². The highest BCUT2D eigenvalue weighted by atomic mass is 16.5. The maximum absolute atomic E-state index is 11.8. The van der Waals surface area contributed by atoms with Crippen molar-refractivity contribution in [2.24, 2.45) is 0 Å². The Morgan fingerprint density at radius 3 is 1.59 bits per heavy atom. The quantitative estimate of drug-likeness (QED) is 0.392. The summed E-state index contributed by atoms with van der Waals surface area (Å²) in [6.45, 7) is 7.02. The van der Waals surface area contributed by atoms with Crippen molar-refractivity contribution in [1.29, 1.82) is 0 Å². The third-order valence-electron chi connectivity index (χ3n) is 5.35. The lowest BCUT2D eigenvalue weighted by Crippen LogP contribution is -2.50. The van der Waals surface area contributed by atoms with E-state index in [0.717, 1.165) is 22.3 Å². The number of carboxylic acid groups (broad SMARTS) is 1. The maximum atomic E-state index is 11.8. The Kier molecular flexibility index (Phi) is 9.41. The number of aryl methyl sites for hydroxylation is 2. The average Bonchev–Trinajstić information content (AvgIpc) is 2.75. The Balaban J connectivity index is 2.20. The van der Waals surface area contributed by atoms with E-state index in [1.165, 1.54) is 0 Å². The van der Waals surface area contributed by atoms with Crippen molar-refractivity contribution in [2.45, 2.75) is 65.3 Å². The molecular formula is C25H32O7. The molecule has 2 aromatic rings. The Morgan fingerprint density at radius 2 is 1.19 bits per heavy atom. The van der Waals surface area contributed by atoms with E-state index in [9.17, 15) is 25.2 Å². The number of carbonyl (C=O) groups is 1. The van der Waals surface area contributed by atoms with Crippen LogP contribution in [-0.4, -0.2) is 50.8 Å². The Labute approximate surface area is 188 Å². The van der Waals surface area contributed by atoms with Crippen LogP contribution >= 0.6 is 0 Å². The molecule has 0 aromatic heterocycles. The summed E-state index contributed by atoms with van der Waals surface area (Å²) in [6.07, 6.45) is -6.65. The van der Waals surface area contributed by atoms with Crippen LogP contribution in [0.2, 0.25) is 0 Å². The summed E-state index contributed by atoms with van der Waals surface area (Å²) in [7, 11) is 0. The van der Waals surface area contributed by atoms with Gasteiger partial charge >= 0.3 is 5.97 Å². The number of aliphatic hydroxyl groups excluding tert-OH is 3. The fraction of sp³-hybridized carbons (Fsp3) is 0.400. The number of hydrogen-bond donors (Lipinski definition) is 4. The first-order valence-corrected chi connectivity index (χ1v) is 10.4. The summed E-state index contributed by atoms with van der Waals surface area (Å²) in [4.78, 5) is 11.8. The van der Waals surface area contributed by atoms with Gasteiger partial charge in [-0.15, -0.1) is 0 Å². The average molecular weight is 445 g/mol. The smallest absolute Gasteiger partial charge is 0.335 e. The number of rotatable bonds is 11. The molecule has 0 bridgehead atoms. The summed E-state index contributed by atoms with van der Waals surface area (Å²) in [6, 6.07) is 14.8. The second-order valence-corrected chi connectivity index (χ2v) is 8.02. The summed E-state index contributed by atoms with van der Waals surface area (Å²) in [5.41, 5.74) is 3.95. The first-order chi connectivity index (χ1) is 15.1. The van der Waals surface area contributed by atoms with Gasteiger partial charge in [0.05, 0.1) is 13.2 Å². The van der Waals surface area contributed by atoms with Crippen molar-refractivity contribution in [3.63, 3.8) is 0 Å². The van der Waals surface area contributed by atoms with Crippen molar-refractivity contribution in [3.05, 3.63) is 82.1 Å². The zero-order valence-corrected chi connectivity index (χ0v) is 18.9. The molecule has 0 aliphatic rings. The van der Waals surface area contributed by atoms with Crippen LogP contribution in [0.1, 0.15) is 36.1 Å². The van der Waals surface area contributed by atoms with Crippen LogP contribution in [0, 0.1) is 13.8 Å². The topological polar surface area (TPSA) is 116 Å². The van der Waals surface area contributed by atoms with Crippen molar-refractivity contribution in [1.82, 2.24) is 0 Å². The first-order valence-electron chi connectivity index (χ1n) is 10.4. The van der Waals surface area contributed by atoms with Crippen LogP contribution in [0.15, 0.2) is 59.9 Å². The van der Waals surface area contributed by atoms with E-state index in [4.69, 9.17) is 9.47 Å². The standard InChI is InChI=1S/C25H32O7/c1-15(2)20(26)23(31-13-18-11-7-5-9-16(18)3)21(27)22(28)24(25(29)30)32-14-19-12-8-6-10-17(19)4/h5-12,21-24,26-28H,13-14H2,1-4H3,(H,29,30)/t21-,22-,23+,24-/m1/s1. The number of allylic oxidation sites excluding steroid dienone is 1. The van der Waals surface area contributed by atoms with Crippen LogP contribution in [0.5, 0.6) is 0 Å². The highest BCUT2D eigenvalue weighted by molar-refractivity contribution is 5.73. The molecule has 0 spiro atoms. The lowest BCUT2D eigenvalue weighted by Gasteiger charge is -2.30. The van der Waals surface area contributed by atoms with Gasteiger partial charge in [0.25, 0.3) is 0 Å². The molecule has 174 valence electrons. The highest BCUT2D eigenvalue weighted by Crippen LogP contribution is 2.22. The van der Waals surface area contributed by atoms with E-state index in [1.807, 2.05) is 50.2 Å². The first kappa shape index (κ1) is 25.5. The van der Waals surface area contributed by atoms with Gasteiger partial charge in [-0.1, -0.05) is 48.5 Å². The van der Waals surface area contributed by atoms with Crippen LogP contribution in [0.3, 0.4) is 0 Å². The minimum Gasteiger partial charge on any atom is -0.510 e. The molecule has 0 fully saturated rings. The molecule has 0 aliphatic carbocycles. The second-order valence-electron chi connectivity index (χ2n) is 8.02. The Hall–Kier alpha value is -2.71. The van der Waals surface area contributed by atoms with Crippen LogP contribution < -0.4 is 0 Å². The van der Waals surface area contributed by atoms with Gasteiger partial charge < -0.3 is 29.9 Å². The molecule has 0 saturated carbocycles. The number of hydrogen-bond acceptors (Lipinski definition) is 6. The van der Waals surface area contributed by atoms with Crippen LogP contribution in [0.4, 0.5) is 0 Å². The van der Waals surface area contributed by atoms with Gasteiger partial charge in [0.2, 0.25) is 0 Å². The van der Waals surface area contributed by atoms with Crippen molar-refractivity contribution >= 4 is 5.97 Å². The fourth-order valence-electron chi connectivity index (χ4n) is 3.20. The third-order valence-corrected chi connectivity index (χ3v) is 5.35. The molecular weight excluding hydrogens is 412 g/mol. The predicted octanol–water partition coefficient (Wildman–Crippen LogP) is 3.43. The van der Waals surface area contributed by atoms with E-state index in [-0.39, 0.29) is 19.0 Å². The van der Waals surface area contributed by atoms with Gasteiger partial charge in [-0.2, -0.15) is 0 Å². The molecule has 0 radical (unpaired) electrons. The summed E-state index contributed by atoms with van der Waals surface area (Å²) in [5, 5.41) is 41.6. The van der Waals surface area contributed by atoms with E-state index in [0.29, 0.717) is 5.57 Å². The van der Waals surface area contributed by atoms with E-state index in [2.05, 4.69) is 0 Å². The van der Waals surface area contributed by atoms with Crippen molar-refractivity contribution in [3.8, 4) is 0 Å². The minimum absolute atomic E-state index is 0.0558. The van der Waals surface area contributed by atoms with Crippen LogP contribution in [-0.2, 0) is 27.5 Å².